The molecule has 0 fully saturated rings. The smallest absolute Gasteiger partial charge is 0.134 e. The topological polar surface area (TPSA) is 18.5 Å². The molecule has 0 heterocycles. The lowest BCUT2D eigenvalue weighted by Gasteiger charge is -2.22. The maximum atomic E-state index is 6.80. The molecule has 0 aromatic heterocycles. The van der Waals surface area contributed by atoms with E-state index < -0.39 is 0 Å². The van der Waals surface area contributed by atoms with Crippen molar-refractivity contribution in [3.8, 4) is 22.6 Å². The molecule has 0 radical (unpaired) electrons. The molecule has 6 aromatic rings. The Morgan fingerprint density at radius 3 is 1.12 bits per heavy atom. The van der Waals surface area contributed by atoms with E-state index in [1.807, 2.05) is 12.1 Å². The average molecular weight is 708 g/mol. The van der Waals surface area contributed by atoms with Crippen LogP contribution in [-0.4, -0.2) is 13.2 Å². The molecule has 2 nitrogen and oxygen atoms in total. The molecule has 0 spiro atoms. The van der Waals surface area contributed by atoms with Crippen molar-refractivity contribution in [2.24, 2.45) is 0 Å². The van der Waals surface area contributed by atoms with Gasteiger partial charge >= 0.3 is 0 Å². The first-order chi connectivity index (χ1) is 24.6. The van der Waals surface area contributed by atoms with Crippen LogP contribution in [0.25, 0.3) is 54.2 Å². The highest BCUT2D eigenvalue weighted by molar-refractivity contribution is 6.34. The fourth-order valence-electron chi connectivity index (χ4n) is 7.54. The summed E-state index contributed by atoms with van der Waals surface area (Å²) in [5.41, 5.74) is 2.28. The molecule has 0 N–H and O–H groups in total. The quantitative estimate of drug-likeness (QED) is 0.0616. The van der Waals surface area contributed by atoms with E-state index in [1.54, 1.807) is 0 Å². The second kappa shape index (κ2) is 18.2. The standard InChI is InChI=1S/C46H52Cl2O2/c1-3-5-7-9-11-13-19-29-49-45-37-23-17-15-21-35(37)43(41-31-33(47)25-27-39(41)45)44-36-22-16-18-24-38(36)46(40-28-26-34(48)32-42(40)44)50-30-20-14-12-10-8-6-4-2/h15-18,21-28,31-32H,3-14,19-20,29-30H2,1-2H3. The molecule has 50 heavy (non-hydrogen) atoms. The van der Waals surface area contributed by atoms with Gasteiger partial charge in [0, 0.05) is 31.6 Å². The van der Waals surface area contributed by atoms with Crippen molar-refractivity contribution in [1.82, 2.24) is 0 Å². The lowest BCUT2D eigenvalue weighted by atomic mass is 9.85. The summed E-state index contributed by atoms with van der Waals surface area (Å²) in [7, 11) is 0. The largest absolute Gasteiger partial charge is 0.492 e. The molecule has 0 bridgehead atoms. The van der Waals surface area contributed by atoms with Gasteiger partial charge in [-0.2, -0.15) is 0 Å². The molecule has 0 atom stereocenters. The predicted molar refractivity (Wildman–Crippen MR) is 219 cm³/mol. The Kier molecular flexibility index (Phi) is 13.2. The van der Waals surface area contributed by atoms with Crippen molar-refractivity contribution < 1.29 is 9.47 Å². The van der Waals surface area contributed by atoms with E-state index in [9.17, 15) is 0 Å². The highest BCUT2D eigenvalue weighted by Crippen LogP contribution is 2.50. The van der Waals surface area contributed by atoms with Crippen LogP contribution in [0.15, 0.2) is 84.9 Å². The highest BCUT2D eigenvalue weighted by Gasteiger charge is 2.23. The molecule has 0 unspecified atom stereocenters. The van der Waals surface area contributed by atoms with E-state index in [4.69, 9.17) is 32.7 Å². The number of ether oxygens (including phenoxy) is 2. The molecule has 262 valence electrons. The summed E-state index contributed by atoms with van der Waals surface area (Å²) in [5.74, 6) is 1.87. The number of unbranched alkanes of at least 4 members (excludes halogenated alkanes) is 12. The van der Waals surface area contributed by atoms with Gasteiger partial charge in [-0.3, -0.25) is 0 Å². The third-order valence-corrected chi connectivity index (χ3v) is 10.6. The average Bonchev–Trinajstić information content (AvgIpc) is 3.13. The minimum atomic E-state index is 0.696. The number of fused-ring (bicyclic) bond motifs is 4. The van der Waals surface area contributed by atoms with Gasteiger partial charge in [-0.05, 0) is 81.9 Å². The van der Waals surface area contributed by atoms with E-state index in [0.717, 1.165) is 78.6 Å². The molecule has 0 aliphatic carbocycles. The fourth-order valence-corrected chi connectivity index (χ4v) is 7.88. The van der Waals surface area contributed by atoms with Crippen LogP contribution < -0.4 is 9.47 Å². The van der Waals surface area contributed by atoms with E-state index in [2.05, 4.69) is 86.6 Å². The Morgan fingerprint density at radius 1 is 0.380 bits per heavy atom. The lowest BCUT2D eigenvalue weighted by molar-refractivity contribution is 0.311. The van der Waals surface area contributed by atoms with Crippen LogP contribution in [0.4, 0.5) is 0 Å². The Labute approximate surface area is 309 Å². The number of halogens is 2. The van der Waals surface area contributed by atoms with Gasteiger partial charge in [-0.1, -0.05) is 163 Å². The SMILES string of the molecule is CCCCCCCCCOc1c2ccccc2c(-c2c3ccccc3c(OCCCCCCCCC)c3ccc(Cl)cc23)c2cc(Cl)ccc12. The Hall–Kier alpha value is -3.46. The summed E-state index contributed by atoms with van der Waals surface area (Å²) in [6.45, 7) is 5.93. The summed E-state index contributed by atoms with van der Waals surface area (Å²) < 4.78 is 13.4. The monoisotopic (exact) mass is 706 g/mol. The number of rotatable bonds is 19. The Bertz CT molecular complexity index is 1880. The van der Waals surface area contributed by atoms with Crippen LogP contribution in [0.1, 0.15) is 104 Å². The molecule has 0 saturated heterocycles. The molecule has 0 saturated carbocycles. The van der Waals surface area contributed by atoms with Crippen LogP contribution in [0, 0.1) is 0 Å². The van der Waals surface area contributed by atoms with Crippen LogP contribution >= 0.6 is 23.2 Å². The van der Waals surface area contributed by atoms with Gasteiger partial charge in [0.15, 0.2) is 0 Å². The molecule has 0 aliphatic rings. The normalized spacial score (nSPS) is 11.7. The minimum absolute atomic E-state index is 0.696. The summed E-state index contributed by atoms with van der Waals surface area (Å²) in [5, 5.41) is 10.2. The van der Waals surface area contributed by atoms with E-state index in [-0.39, 0.29) is 0 Å². The number of hydrogen-bond donors (Lipinski definition) is 0. The van der Waals surface area contributed by atoms with Crippen LogP contribution in [0.2, 0.25) is 10.0 Å². The van der Waals surface area contributed by atoms with Gasteiger partial charge < -0.3 is 9.47 Å². The summed E-state index contributed by atoms with van der Waals surface area (Å²) in [6, 6.07) is 29.8. The van der Waals surface area contributed by atoms with Crippen LogP contribution in [-0.2, 0) is 0 Å². The molecule has 6 rings (SSSR count). The zero-order valence-electron chi connectivity index (χ0n) is 30.0. The predicted octanol–water partition coefficient (Wildman–Crippen LogP) is 15.5. The van der Waals surface area contributed by atoms with Crippen molar-refractivity contribution in [3.05, 3.63) is 95.0 Å². The summed E-state index contributed by atoms with van der Waals surface area (Å²) in [4.78, 5) is 0. The highest BCUT2D eigenvalue weighted by atomic mass is 35.5. The van der Waals surface area contributed by atoms with Gasteiger partial charge in [0.05, 0.1) is 13.2 Å². The molecular weight excluding hydrogens is 655 g/mol. The van der Waals surface area contributed by atoms with Gasteiger partial charge in [0.1, 0.15) is 11.5 Å². The first-order valence-electron chi connectivity index (χ1n) is 19.2. The van der Waals surface area contributed by atoms with Gasteiger partial charge in [-0.15, -0.1) is 0 Å². The van der Waals surface area contributed by atoms with Gasteiger partial charge in [0.25, 0.3) is 0 Å². The first-order valence-corrected chi connectivity index (χ1v) is 19.9. The van der Waals surface area contributed by atoms with Crippen molar-refractivity contribution >= 4 is 66.3 Å². The zero-order chi connectivity index (χ0) is 34.7. The second-order valence-electron chi connectivity index (χ2n) is 13.8. The van der Waals surface area contributed by atoms with Crippen molar-refractivity contribution in [1.29, 1.82) is 0 Å². The number of benzene rings is 6. The lowest BCUT2D eigenvalue weighted by Crippen LogP contribution is -2.01. The van der Waals surface area contributed by atoms with Crippen LogP contribution in [0.5, 0.6) is 11.5 Å². The number of hydrogen-bond acceptors (Lipinski definition) is 2. The van der Waals surface area contributed by atoms with Crippen molar-refractivity contribution in [2.75, 3.05) is 13.2 Å². The molecule has 0 amide bonds. The third kappa shape index (κ3) is 8.35. The van der Waals surface area contributed by atoms with Gasteiger partial charge in [-0.25, -0.2) is 0 Å². The second-order valence-corrected chi connectivity index (χ2v) is 14.7. The Morgan fingerprint density at radius 2 is 0.720 bits per heavy atom. The fraction of sp³-hybridized carbons (Fsp3) is 0.391. The van der Waals surface area contributed by atoms with Crippen molar-refractivity contribution in [3.63, 3.8) is 0 Å². The first kappa shape index (κ1) is 36.3. The molecular formula is C46H52Cl2O2. The third-order valence-electron chi connectivity index (χ3n) is 10.1. The van der Waals surface area contributed by atoms with E-state index in [1.165, 1.54) is 77.0 Å². The zero-order valence-corrected chi connectivity index (χ0v) is 31.5. The molecule has 6 aromatic carbocycles. The maximum Gasteiger partial charge on any atom is 0.134 e. The van der Waals surface area contributed by atoms with Crippen molar-refractivity contribution in [2.45, 2.75) is 104 Å². The Balaban J connectivity index is 1.44. The summed E-state index contributed by atoms with van der Waals surface area (Å²) >= 11 is 13.6. The molecule has 4 heteroatoms. The van der Waals surface area contributed by atoms with Crippen LogP contribution in [0.3, 0.4) is 0 Å². The molecule has 0 aliphatic heterocycles. The van der Waals surface area contributed by atoms with Gasteiger partial charge in [0.2, 0.25) is 0 Å². The van der Waals surface area contributed by atoms with E-state index in [0.29, 0.717) is 23.3 Å². The maximum absolute atomic E-state index is 6.80. The minimum Gasteiger partial charge on any atom is -0.492 e. The summed E-state index contributed by atoms with van der Waals surface area (Å²) in [6.07, 6.45) is 17.5. The van der Waals surface area contributed by atoms with E-state index >= 15 is 0 Å².